The zero-order valence-corrected chi connectivity index (χ0v) is 25.3. The van der Waals surface area contributed by atoms with Crippen LogP contribution in [0.3, 0.4) is 0 Å². The van der Waals surface area contributed by atoms with Gasteiger partial charge in [0.1, 0.15) is 23.1 Å². The predicted octanol–water partition coefficient (Wildman–Crippen LogP) is 7.65. The molecule has 0 aromatic heterocycles. The Morgan fingerprint density at radius 2 is 1.71 bits per heavy atom. The Hall–Kier alpha value is -4.06. The van der Waals surface area contributed by atoms with Crippen LogP contribution in [0.25, 0.3) is 0 Å². The molecule has 0 spiro atoms. The average Bonchev–Trinajstić information content (AvgIpc) is 2.94. The van der Waals surface area contributed by atoms with Crippen molar-refractivity contribution in [3.8, 4) is 34.8 Å². The highest BCUT2D eigenvalue weighted by molar-refractivity contribution is 6.37. The maximum atomic E-state index is 12.9. The van der Waals surface area contributed by atoms with Gasteiger partial charge in [-0.2, -0.15) is 5.26 Å². The highest BCUT2D eigenvalue weighted by Crippen LogP contribution is 2.45. The summed E-state index contributed by atoms with van der Waals surface area (Å²) in [5.41, 5.74) is 8.03. The van der Waals surface area contributed by atoms with E-state index < -0.39 is 11.9 Å². The minimum atomic E-state index is -0.676. The van der Waals surface area contributed by atoms with E-state index in [-0.39, 0.29) is 32.8 Å². The first kappa shape index (κ1) is 30.9. The SMILES string of the molecule is CCOc1cc(C2C(C#N)=C(N)Oc3cc(OC(=O)c4cc(Cl)c(OCC)c(Cl)c4)ccc32)ccc1OCCC(C)C. The lowest BCUT2D eigenvalue weighted by molar-refractivity contribution is 0.0734. The second-order valence-corrected chi connectivity index (χ2v) is 10.7. The summed E-state index contributed by atoms with van der Waals surface area (Å²) in [5.74, 6) is 1.28. The zero-order chi connectivity index (χ0) is 30.4. The molecule has 0 bridgehead atoms. The Kier molecular flexibility index (Phi) is 10.1. The van der Waals surface area contributed by atoms with Crippen LogP contribution >= 0.6 is 23.2 Å². The van der Waals surface area contributed by atoms with Crippen molar-refractivity contribution in [3.05, 3.63) is 86.7 Å². The summed E-state index contributed by atoms with van der Waals surface area (Å²) in [5, 5.41) is 10.4. The number of carbonyl (C=O) groups excluding carboxylic acids is 1. The number of benzene rings is 3. The van der Waals surface area contributed by atoms with Crippen LogP contribution in [0, 0.1) is 17.2 Å². The minimum absolute atomic E-state index is 0.0428. The summed E-state index contributed by atoms with van der Waals surface area (Å²) < 4.78 is 28.7. The number of hydrogen-bond donors (Lipinski definition) is 1. The maximum absolute atomic E-state index is 12.9. The largest absolute Gasteiger partial charge is 0.491 e. The van der Waals surface area contributed by atoms with Gasteiger partial charge in [0, 0.05) is 11.6 Å². The van der Waals surface area contributed by atoms with E-state index in [1.807, 2.05) is 25.1 Å². The normalized spacial score (nSPS) is 14.1. The second kappa shape index (κ2) is 13.7. The first-order valence-corrected chi connectivity index (χ1v) is 14.4. The first-order valence-electron chi connectivity index (χ1n) is 13.6. The van der Waals surface area contributed by atoms with Gasteiger partial charge < -0.3 is 29.4 Å². The van der Waals surface area contributed by atoms with Crippen LogP contribution in [0.5, 0.6) is 28.7 Å². The van der Waals surface area contributed by atoms with Gasteiger partial charge in [0.05, 0.1) is 41.3 Å². The topological polar surface area (TPSA) is 113 Å². The van der Waals surface area contributed by atoms with Gasteiger partial charge in [-0.25, -0.2) is 4.79 Å². The lowest BCUT2D eigenvalue weighted by atomic mass is 9.83. The number of esters is 1. The predicted molar refractivity (Wildman–Crippen MR) is 161 cm³/mol. The Labute approximate surface area is 255 Å². The Balaban J connectivity index is 1.64. The molecular formula is C32H32Cl2N2O6. The van der Waals surface area contributed by atoms with E-state index in [4.69, 9.17) is 52.6 Å². The maximum Gasteiger partial charge on any atom is 0.343 e. The van der Waals surface area contributed by atoms with Crippen molar-refractivity contribution in [2.24, 2.45) is 11.7 Å². The Bertz CT molecular complexity index is 1520. The van der Waals surface area contributed by atoms with E-state index in [1.165, 1.54) is 12.1 Å². The summed E-state index contributed by atoms with van der Waals surface area (Å²) in [4.78, 5) is 12.9. The molecule has 1 heterocycles. The number of nitrogens with zero attached hydrogens (tertiary/aromatic N) is 1. The minimum Gasteiger partial charge on any atom is -0.491 e. The molecule has 2 N–H and O–H groups in total. The monoisotopic (exact) mass is 610 g/mol. The fourth-order valence-corrected chi connectivity index (χ4v) is 5.06. The summed E-state index contributed by atoms with van der Waals surface area (Å²) in [6, 6.07) is 15.5. The number of halogens is 2. The van der Waals surface area contributed by atoms with Gasteiger partial charge in [0.2, 0.25) is 5.88 Å². The van der Waals surface area contributed by atoms with Crippen LogP contribution in [0.4, 0.5) is 0 Å². The molecule has 0 amide bonds. The molecule has 0 radical (unpaired) electrons. The molecular weight excluding hydrogens is 579 g/mol. The van der Waals surface area contributed by atoms with Gasteiger partial charge >= 0.3 is 5.97 Å². The molecule has 10 heteroatoms. The number of rotatable bonds is 11. The van der Waals surface area contributed by atoms with E-state index in [2.05, 4.69) is 19.9 Å². The van der Waals surface area contributed by atoms with Crippen molar-refractivity contribution in [1.29, 1.82) is 5.26 Å². The molecule has 4 rings (SSSR count). The molecule has 3 aromatic rings. The summed E-state index contributed by atoms with van der Waals surface area (Å²) >= 11 is 12.5. The Morgan fingerprint density at radius 1 is 1.00 bits per heavy atom. The third-order valence-electron chi connectivity index (χ3n) is 6.48. The van der Waals surface area contributed by atoms with Crippen LogP contribution in [0.15, 0.2) is 60.0 Å². The highest BCUT2D eigenvalue weighted by atomic mass is 35.5. The number of nitriles is 1. The van der Waals surface area contributed by atoms with Crippen LogP contribution in [-0.4, -0.2) is 25.8 Å². The van der Waals surface area contributed by atoms with Crippen LogP contribution in [0.1, 0.15) is 61.5 Å². The van der Waals surface area contributed by atoms with Crippen LogP contribution < -0.4 is 29.4 Å². The number of nitrogens with two attached hydrogens (primary N) is 1. The van der Waals surface area contributed by atoms with E-state index in [1.54, 1.807) is 25.1 Å². The van der Waals surface area contributed by atoms with Gasteiger partial charge in [0.25, 0.3) is 0 Å². The van der Waals surface area contributed by atoms with Crippen molar-refractivity contribution >= 4 is 29.2 Å². The van der Waals surface area contributed by atoms with Gasteiger partial charge in [-0.3, -0.25) is 0 Å². The molecule has 0 fully saturated rings. The lowest BCUT2D eigenvalue weighted by Gasteiger charge is -2.27. The van der Waals surface area contributed by atoms with E-state index in [9.17, 15) is 10.1 Å². The average molecular weight is 612 g/mol. The number of allylic oxidation sites excluding steroid dienone is 1. The molecule has 1 aliphatic rings. The highest BCUT2D eigenvalue weighted by Gasteiger charge is 2.32. The van der Waals surface area contributed by atoms with Crippen molar-refractivity contribution in [1.82, 2.24) is 0 Å². The molecule has 3 aromatic carbocycles. The molecule has 0 saturated heterocycles. The third-order valence-corrected chi connectivity index (χ3v) is 7.04. The van der Waals surface area contributed by atoms with E-state index in [0.717, 1.165) is 12.0 Å². The van der Waals surface area contributed by atoms with Crippen molar-refractivity contribution in [2.75, 3.05) is 19.8 Å². The molecule has 1 aliphatic heterocycles. The number of ether oxygens (including phenoxy) is 5. The van der Waals surface area contributed by atoms with Crippen molar-refractivity contribution < 1.29 is 28.5 Å². The number of hydrogen-bond acceptors (Lipinski definition) is 8. The van der Waals surface area contributed by atoms with Gasteiger partial charge in [0.15, 0.2) is 17.2 Å². The molecule has 8 nitrogen and oxygen atoms in total. The molecule has 1 atom stereocenters. The van der Waals surface area contributed by atoms with Crippen LogP contribution in [-0.2, 0) is 0 Å². The second-order valence-electron chi connectivity index (χ2n) is 9.89. The lowest BCUT2D eigenvalue weighted by Crippen LogP contribution is -2.21. The fourth-order valence-electron chi connectivity index (χ4n) is 4.46. The smallest absolute Gasteiger partial charge is 0.343 e. The van der Waals surface area contributed by atoms with Crippen molar-refractivity contribution in [2.45, 2.75) is 40.0 Å². The van der Waals surface area contributed by atoms with Crippen molar-refractivity contribution in [3.63, 3.8) is 0 Å². The zero-order valence-electron chi connectivity index (χ0n) is 23.8. The quantitative estimate of drug-likeness (QED) is 0.174. The molecule has 220 valence electrons. The molecule has 42 heavy (non-hydrogen) atoms. The standard InChI is InChI=1S/C32H32Cl2N2O6/c1-5-38-28-15-19(7-10-26(28)40-12-11-18(3)4)29-22-9-8-21(16-27(22)42-31(36)23(29)17-35)41-32(37)20-13-24(33)30(39-6-2)25(34)14-20/h7-10,13-16,18,29H,5-6,11-12,36H2,1-4H3. The Morgan fingerprint density at radius 3 is 2.36 bits per heavy atom. The third kappa shape index (κ3) is 6.87. The summed E-state index contributed by atoms with van der Waals surface area (Å²) in [6.45, 7) is 9.34. The number of fused-ring (bicyclic) bond motifs is 1. The first-order chi connectivity index (χ1) is 20.2. The van der Waals surface area contributed by atoms with E-state index >= 15 is 0 Å². The van der Waals surface area contributed by atoms with Gasteiger partial charge in [-0.15, -0.1) is 0 Å². The molecule has 1 unspecified atom stereocenters. The fraction of sp³-hybridized carbons (Fsp3) is 0.312. The summed E-state index contributed by atoms with van der Waals surface area (Å²) in [7, 11) is 0. The van der Waals surface area contributed by atoms with Gasteiger partial charge in [-0.1, -0.05) is 49.2 Å². The molecule has 0 aliphatic carbocycles. The number of carbonyl (C=O) groups is 1. The van der Waals surface area contributed by atoms with Gasteiger partial charge in [-0.05, 0) is 62.1 Å². The molecule has 0 saturated carbocycles. The van der Waals surface area contributed by atoms with Crippen LogP contribution in [0.2, 0.25) is 10.0 Å². The summed E-state index contributed by atoms with van der Waals surface area (Å²) in [6.07, 6.45) is 0.907. The van der Waals surface area contributed by atoms with E-state index in [0.29, 0.717) is 54.3 Å².